The Morgan fingerprint density at radius 2 is 2.05 bits per heavy atom. The highest BCUT2D eigenvalue weighted by Crippen LogP contribution is 2.32. The van der Waals surface area contributed by atoms with Crippen molar-refractivity contribution in [2.75, 3.05) is 6.54 Å². The van der Waals surface area contributed by atoms with Crippen molar-refractivity contribution in [3.05, 3.63) is 27.7 Å². The Balaban J connectivity index is 2.48. The van der Waals surface area contributed by atoms with Crippen LogP contribution in [0.5, 0.6) is 0 Å². The van der Waals surface area contributed by atoms with Crippen LogP contribution in [0.25, 0.3) is 0 Å². The average molecular weight is 395 g/mol. The number of nitrogens with zero attached hydrogens (tertiary/aromatic N) is 1. The molecule has 0 heterocycles. The van der Waals surface area contributed by atoms with Gasteiger partial charge in [-0.3, -0.25) is 4.79 Å². The van der Waals surface area contributed by atoms with Crippen LogP contribution in [-0.4, -0.2) is 31.8 Å². The third-order valence-electron chi connectivity index (χ3n) is 3.53. The standard InChI is InChI=1S/C14H17BrClNO3S/c1-3-6-17(11-4-5-11)14(18)12-7-10(15)8-13(9(12)2)21(16,19)20/h7-8,11H,3-6H2,1-2H3. The molecule has 1 amide bonds. The van der Waals surface area contributed by atoms with Crippen LogP contribution < -0.4 is 0 Å². The topological polar surface area (TPSA) is 54.5 Å². The molecule has 21 heavy (non-hydrogen) atoms. The molecular formula is C14H17BrClNO3S. The first kappa shape index (κ1) is 16.8. The average Bonchev–Trinajstić information content (AvgIpc) is 3.20. The van der Waals surface area contributed by atoms with E-state index in [0.717, 1.165) is 19.3 Å². The maximum Gasteiger partial charge on any atom is 0.261 e. The zero-order chi connectivity index (χ0) is 15.8. The van der Waals surface area contributed by atoms with Gasteiger partial charge in [0.25, 0.3) is 15.0 Å². The van der Waals surface area contributed by atoms with Crippen molar-refractivity contribution in [1.29, 1.82) is 0 Å². The van der Waals surface area contributed by atoms with Gasteiger partial charge in [0.05, 0.1) is 4.90 Å². The highest BCUT2D eigenvalue weighted by Gasteiger charge is 2.33. The summed E-state index contributed by atoms with van der Waals surface area (Å²) in [6, 6.07) is 3.37. The van der Waals surface area contributed by atoms with Crippen molar-refractivity contribution in [3.63, 3.8) is 0 Å². The van der Waals surface area contributed by atoms with Gasteiger partial charge in [-0.05, 0) is 43.9 Å². The molecule has 0 spiro atoms. The second-order valence-electron chi connectivity index (χ2n) is 5.24. The molecule has 0 N–H and O–H groups in total. The van der Waals surface area contributed by atoms with Crippen LogP contribution in [0.15, 0.2) is 21.5 Å². The number of amides is 1. The molecule has 0 atom stereocenters. The van der Waals surface area contributed by atoms with Crippen LogP contribution in [0.4, 0.5) is 0 Å². The Hall–Kier alpha value is -0.590. The van der Waals surface area contributed by atoms with Gasteiger partial charge in [-0.1, -0.05) is 22.9 Å². The van der Waals surface area contributed by atoms with Crippen LogP contribution in [-0.2, 0) is 9.05 Å². The van der Waals surface area contributed by atoms with Crippen molar-refractivity contribution in [1.82, 2.24) is 4.90 Å². The molecule has 0 radical (unpaired) electrons. The number of carbonyl (C=O) groups excluding carboxylic acids is 1. The van der Waals surface area contributed by atoms with E-state index in [1.807, 2.05) is 11.8 Å². The predicted octanol–water partition coefficient (Wildman–Crippen LogP) is 3.70. The summed E-state index contributed by atoms with van der Waals surface area (Å²) in [4.78, 5) is 14.5. The van der Waals surface area contributed by atoms with E-state index in [0.29, 0.717) is 22.1 Å². The molecule has 1 aromatic rings. The van der Waals surface area contributed by atoms with Gasteiger partial charge >= 0.3 is 0 Å². The largest absolute Gasteiger partial charge is 0.336 e. The number of benzene rings is 1. The minimum Gasteiger partial charge on any atom is -0.336 e. The van der Waals surface area contributed by atoms with Crippen LogP contribution >= 0.6 is 26.6 Å². The van der Waals surface area contributed by atoms with Crippen molar-refractivity contribution >= 4 is 41.6 Å². The summed E-state index contributed by atoms with van der Waals surface area (Å²) in [5, 5.41) is 0. The molecule has 1 aliphatic carbocycles. The first-order valence-corrected chi connectivity index (χ1v) is 9.91. The lowest BCUT2D eigenvalue weighted by Crippen LogP contribution is -2.34. The highest BCUT2D eigenvalue weighted by molar-refractivity contribution is 9.10. The predicted molar refractivity (Wildman–Crippen MR) is 86.3 cm³/mol. The summed E-state index contributed by atoms with van der Waals surface area (Å²) in [6.45, 7) is 4.31. The summed E-state index contributed by atoms with van der Waals surface area (Å²) in [5.41, 5.74) is 0.795. The minimum absolute atomic E-state index is 0.0193. The van der Waals surface area contributed by atoms with Gasteiger partial charge in [0.1, 0.15) is 0 Å². The van der Waals surface area contributed by atoms with E-state index in [1.54, 1.807) is 13.0 Å². The Kier molecular flexibility index (Phi) is 5.00. The van der Waals surface area contributed by atoms with E-state index in [9.17, 15) is 13.2 Å². The molecule has 7 heteroatoms. The molecule has 116 valence electrons. The third-order valence-corrected chi connectivity index (χ3v) is 5.44. The molecule has 0 aromatic heterocycles. The first-order chi connectivity index (χ1) is 9.75. The molecule has 1 saturated carbocycles. The number of hydrogen-bond acceptors (Lipinski definition) is 3. The van der Waals surface area contributed by atoms with E-state index >= 15 is 0 Å². The van der Waals surface area contributed by atoms with Gasteiger partial charge in [0.2, 0.25) is 0 Å². The Labute approximate surface area is 138 Å². The third kappa shape index (κ3) is 3.79. The normalized spacial score (nSPS) is 15.0. The Morgan fingerprint density at radius 3 is 2.52 bits per heavy atom. The second-order valence-corrected chi connectivity index (χ2v) is 8.69. The van der Waals surface area contributed by atoms with Gasteiger partial charge in [-0.15, -0.1) is 0 Å². The van der Waals surface area contributed by atoms with Crippen LogP contribution in [0.2, 0.25) is 0 Å². The number of rotatable bonds is 5. The van der Waals surface area contributed by atoms with E-state index < -0.39 is 9.05 Å². The molecule has 4 nitrogen and oxygen atoms in total. The van der Waals surface area contributed by atoms with Gasteiger partial charge < -0.3 is 4.90 Å². The maximum absolute atomic E-state index is 12.7. The SMILES string of the molecule is CCCN(C(=O)c1cc(Br)cc(S(=O)(=O)Cl)c1C)C1CC1. The smallest absolute Gasteiger partial charge is 0.261 e. The van der Waals surface area contributed by atoms with Crippen LogP contribution in [0.3, 0.4) is 0 Å². The van der Waals surface area contributed by atoms with Gasteiger partial charge in [-0.25, -0.2) is 8.42 Å². The zero-order valence-electron chi connectivity index (χ0n) is 11.9. The van der Waals surface area contributed by atoms with Gasteiger partial charge in [0.15, 0.2) is 0 Å². The van der Waals surface area contributed by atoms with E-state index in [4.69, 9.17) is 10.7 Å². The highest BCUT2D eigenvalue weighted by atomic mass is 79.9. The summed E-state index contributed by atoms with van der Waals surface area (Å²) in [5.74, 6) is -0.125. The summed E-state index contributed by atoms with van der Waals surface area (Å²) < 4.78 is 23.8. The van der Waals surface area contributed by atoms with Crippen molar-refractivity contribution in [2.45, 2.75) is 44.0 Å². The van der Waals surface area contributed by atoms with E-state index in [2.05, 4.69) is 15.9 Å². The van der Waals surface area contributed by atoms with Gasteiger partial charge in [-0.2, -0.15) is 0 Å². The quantitative estimate of drug-likeness (QED) is 0.716. The molecule has 1 fully saturated rings. The summed E-state index contributed by atoms with van der Waals surface area (Å²) in [6.07, 6.45) is 2.90. The number of carbonyl (C=O) groups is 1. The van der Waals surface area contributed by atoms with Crippen LogP contribution in [0.1, 0.15) is 42.1 Å². The Bertz CT molecular complexity index is 671. The fourth-order valence-corrected chi connectivity index (χ4v) is 4.19. The molecule has 0 bridgehead atoms. The van der Waals surface area contributed by atoms with Crippen molar-refractivity contribution in [2.24, 2.45) is 0 Å². The zero-order valence-corrected chi connectivity index (χ0v) is 15.1. The molecular weight excluding hydrogens is 378 g/mol. The van der Waals surface area contributed by atoms with Gasteiger partial charge in [0, 0.05) is 33.3 Å². The van der Waals surface area contributed by atoms with Crippen molar-refractivity contribution < 1.29 is 13.2 Å². The lowest BCUT2D eigenvalue weighted by molar-refractivity contribution is 0.0742. The van der Waals surface area contributed by atoms with E-state index in [1.165, 1.54) is 6.07 Å². The van der Waals surface area contributed by atoms with Crippen LogP contribution in [0, 0.1) is 6.92 Å². The monoisotopic (exact) mass is 393 g/mol. The maximum atomic E-state index is 12.7. The van der Waals surface area contributed by atoms with E-state index in [-0.39, 0.29) is 16.8 Å². The second kappa shape index (κ2) is 6.26. The molecule has 0 saturated heterocycles. The fourth-order valence-electron chi connectivity index (χ4n) is 2.36. The Morgan fingerprint density at radius 1 is 1.43 bits per heavy atom. The number of halogens is 2. The lowest BCUT2D eigenvalue weighted by Gasteiger charge is -2.23. The fraction of sp³-hybridized carbons (Fsp3) is 0.500. The summed E-state index contributed by atoms with van der Waals surface area (Å²) in [7, 11) is 1.57. The summed E-state index contributed by atoms with van der Waals surface area (Å²) >= 11 is 3.25. The first-order valence-electron chi connectivity index (χ1n) is 6.81. The molecule has 0 unspecified atom stereocenters. The van der Waals surface area contributed by atoms with Crippen molar-refractivity contribution in [3.8, 4) is 0 Å². The lowest BCUT2D eigenvalue weighted by atomic mass is 10.1. The molecule has 2 rings (SSSR count). The molecule has 0 aliphatic heterocycles. The minimum atomic E-state index is -3.88. The molecule has 1 aliphatic rings. The molecule has 1 aromatic carbocycles. The number of hydrogen-bond donors (Lipinski definition) is 0.